The lowest BCUT2D eigenvalue weighted by molar-refractivity contribution is 0.0943. The highest BCUT2D eigenvalue weighted by atomic mass is 32.1. The van der Waals surface area contributed by atoms with Crippen LogP contribution in [0.1, 0.15) is 39.4 Å². The van der Waals surface area contributed by atoms with Gasteiger partial charge in [-0.05, 0) is 25.0 Å². The fourth-order valence-corrected chi connectivity index (χ4v) is 4.34. The number of thiazole rings is 2. The number of ether oxygens (including phenoxy) is 1. The third kappa shape index (κ3) is 3.12. The molecule has 3 aromatic rings. The molecule has 0 bridgehead atoms. The lowest BCUT2D eigenvalue weighted by Gasteiger charge is -2.03. The van der Waals surface area contributed by atoms with Gasteiger partial charge >= 0.3 is 0 Å². The zero-order chi connectivity index (χ0) is 15.6. The van der Waals surface area contributed by atoms with Crippen LogP contribution in [-0.4, -0.2) is 22.5 Å². The quantitative estimate of drug-likeness (QED) is 0.785. The Bertz CT molecular complexity index is 804. The molecule has 1 unspecified atom stereocenters. The summed E-state index contributed by atoms with van der Waals surface area (Å²) in [5.41, 5.74) is 1.43. The van der Waals surface area contributed by atoms with E-state index in [4.69, 9.17) is 4.74 Å². The van der Waals surface area contributed by atoms with E-state index in [0.717, 1.165) is 39.7 Å². The SMILES string of the molecule is O=C(NCc1nc2ccccc2s1)c1csc(C2CCCO2)n1. The molecule has 1 N–H and O–H groups in total. The van der Waals surface area contributed by atoms with Crippen LogP contribution in [-0.2, 0) is 11.3 Å². The van der Waals surface area contributed by atoms with Gasteiger partial charge in [-0.1, -0.05) is 12.1 Å². The number of hydrogen-bond acceptors (Lipinski definition) is 6. The molecule has 2 aromatic heterocycles. The molecule has 1 amide bonds. The second-order valence-electron chi connectivity index (χ2n) is 5.33. The first-order chi connectivity index (χ1) is 11.3. The summed E-state index contributed by atoms with van der Waals surface area (Å²) >= 11 is 3.09. The van der Waals surface area contributed by atoms with E-state index >= 15 is 0 Å². The Hall–Kier alpha value is -1.83. The van der Waals surface area contributed by atoms with E-state index in [9.17, 15) is 4.79 Å². The Morgan fingerprint density at radius 1 is 1.35 bits per heavy atom. The average molecular weight is 345 g/mol. The number of rotatable bonds is 4. The van der Waals surface area contributed by atoms with Crippen molar-refractivity contribution in [1.82, 2.24) is 15.3 Å². The van der Waals surface area contributed by atoms with Crippen LogP contribution in [0.2, 0.25) is 0 Å². The van der Waals surface area contributed by atoms with Crippen LogP contribution in [0.25, 0.3) is 10.2 Å². The van der Waals surface area contributed by atoms with Gasteiger partial charge in [0, 0.05) is 12.0 Å². The number of aromatic nitrogens is 2. The van der Waals surface area contributed by atoms with Crippen LogP contribution < -0.4 is 5.32 Å². The van der Waals surface area contributed by atoms with Crippen LogP contribution in [0.15, 0.2) is 29.6 Å². The van der Waals surface area contributed by atoms with Crippen LogP contribution in [0.3, 0.4) is 0 Å². The van der Waals surface area contributed by atoms with Gasteiger partial charge < -0.3 is 10.1 Å². The van der Waals surface area contributed by atoms with Gasteiger partial charge in [0.05, 0.1) is 16.8 Å². The van der Waals surface area contributed by atoms with Crippen molar-refractivity contribution in [3.63, 3.8) is 0 Å². The predicted octanol–water partition coefficient (Wildman–Crippen LogP) is 3.53. The van der Waals surface area contributed by atoms with Gasteiger partial charge in [-0.2, -0.15) is 0 Å². The second-order valence-corrected chi connectivity index (χ2v) is 7.34. The first-order valence-electron chi connectivity index (χ1n) is 7.49. The molecular weight excluding hydrogens is 330 g/mol. The van der Waals surface area contributed by atoms with Gasteiger partial charge in [-0.25, -0.2) is 9.97 Å². The summed E-state index contributed by atoms with van der Waals surface area (Å²) in [5, 5.41) is 6.48. The monoisotopic (exact) mass is 345 g/mol. The number of nitrogens with zero attached hydrogens (tertiary/aromatic N) is 2. The lowest BCUT2D eigenvalue weighted by Crippen LogP contribution is -2.23. The molecule has 7 heteroatoms. The first kappa shape index (κ1) is 14.7. The summed E-state index contributed by atoms with van der Waals surface area (Å²) < 4.78 is 6.73. The zero-order valence-corrected chi connectivity index (χ0v) is 14.0. The second kappa shape index (κ2) is 6.35. The minimum Gasteiger partial charge on any atom is -0.371 e. The Labute approximate surface area is 141 Å². The van der Waals surface area contributed by atoms with Crippen molar-refractivity contribution in [3.05, 3.63) is 45.4 Å². The van der Waals surface area contributed by atoms with Crippen molar-refractivity contribution in [2.75, 3.05) is 6.61 Å². The van der Waals surface area contributed by atoms with E-state index < -0.39 is 0 Å². The minimum absolute atomic E-state index is 0.0609. The van der Waals surface area contributed by atoms with Gasteiger partial charge in [-0.3, -0.25) is 4.79 Å². The highest BCUT2D eigenvalue weighted by Crippen LogP contribution is 2.30. The third-order valence-electron chi connectivity index (χ3n) is 3.70. The molecule has 1 atom stereocenters. The molecule has 1 aliphatic rings. The fourth-order valence-electron chi connectivity index (χ4n) is 2.55. The number of hydrogen-bond donors (Lipinski definition) is 1. The Morgan fingerprint density at radius 3 is 3.09 bits per heavy atom. The molecular formula is C16H15N3O2S2. The first-order valence-corrected chi connectivity index (χ1v) is 9.19. The standard InChI is InChI=1S/C16H15N3O2S2/c20-15(11-9-22-16(19-11)12-5-3-7-21-12)17-8-14-18-10-4-1-2-6-13(10)23-14/h1-2,4,6,9,12H,3,5,7-8H2,(H,17,20). The lowest BCUT2D eigenvalue weighted by atomic mass is 10.2. The Morgan fingerprint density at radius 2 is 2.26 bits per heavy atom. The summed E-state index contributed by atoms with van der Waals surface area (Å²) in [6.07, 6.45) is 2.11. The van der Waals surface area contributed by atoms with E-state index in [1.54, 1.807) is 16.7 Å². The number of carbonyl (C=O) groups excluding carboxylic acids is 1. The van der Waals surface area contributed by atoms with Crippen molar-refractivity contribution in [2.24, 2.45) is 0 Å². The number of fused-ring (bicyclic) bond motifs is 1. The molecule has 1 aliphatic heterocycles. The number of benzene rings is 1. The van der Waals surface area contributed by atoms with Crippen molar-refractivity contribution in [1.29, 1.82) is 0 Å². The smallest absolute Gasteiger partial charge is 0.271 e. The summed E-state index contributed by atoms with van der Waals surface area (Å²) in [6, 6.07) is 7.97. The fraction of sp³-hybridized carbons (Fsp3) is 0.312. The van der Waals surface area contributed by atoms with Crippen molar-refractivity contribution in [3.8, 4) is 0 Å². The Kier molecular flexibility index (Phi) is 4.07. The van der Waals surface area contributed by atoms with Crippen LogP contribution >= 0.6 is 22.7 Å². The van der Waals surface area contributed by atoms with Crippen molar-refractivity contribution in [2.45, 2.75) is 25.5 Å². The summed E-state index contributed by atoms with van der Waals surface area (Å²) in [4.78, 5) is 21.2. The number of amides is 1. The average Bonchev–Trinajstić information content (AvgIpc) is 3.31. The van der Waals surface area contributed by atoms with Gasteiger partial charge in [-0.15, -0.1) is 22.7 Å². The molecule has 3 heterocycles. The molecule has 1 fully saturated rings. The zero-order valence-electron chi connectivity index (χ0n) is 12.3. The van der Waals surface area contributed by atoms with Gasteiger partial charge in [0.25, 0.3) is 5.91 Å². The summed E-state index contributed by atoms with van der Waals surface area (Å²) in [5.74, 6) is -0.162. The molecule has 1 saturated heterocycles. The van der Waals surface area contributed by atoms with Gasteiger partial charge in [0.1, 0.15) is 21.8 Å². The minimum atomic E-state index is -0.162. The number of nitrogens with one attached hydrogen (secondary N) is 1. The van der Waals surface area contributed by atoms with E-state index in [1.807, 2.05) is 24.3 Å². The predicted molar refractivity (Wildman–Crippen MR) is 90.8 cm³/mol. The molecule has 4 rings (SSSR count). The molecule has 0 spiro atoms. The van der Waals surface area contributed by atoms with Crippen LogP contribution in [0, 0.1) is 0 Å². The molecule has 118 valence electrons. The van der Waals surface area contributed by atoms with Gasteiger partial charge in [0.15, 0.2) is 0 Å². The topological polar surface area (TPSA) is 64.1 Å². The molecule has 0 saturated carbocycles. The maximum Gasteiger partial charge on any atom is 0.271 e. The van der Waals surface area contributed by atoms with E-state index in [1.165, 1.54) is 11.3 Å². The third-order valence-corrected chi connectivity index (χ3v) is 5.67. The normalized spacial score (nSPS) is 17.7. The summed E-state index contributed by atoms with van der Waals surface area (Å²) in [7, 11) is 0. The maximum absolute atomic E-state index is 12.2. The Balaban J connectivity index is 1.41. The van der Waals surface area contributed by atoms with Crippen molar-refractivity contribution >= 4 is 38.8 Å². The van der Waals surface area contributed by atoms with Crippen molar-refractivity contribution < 1.29 is 9.53 Å². The van der Waals surface area contributed by atoms with E-state index in [-0.39, 0.29) is 12.0 Å². The number of carbonyl (C=O) groups is 1. The van der Waals surface area contributed by atoms with Gasteiger partial charge in [0.2, 0.25) is 0 Å². The highest BCUT2D eigenvalue weighted by Gasteiger charge is 2.22. The molecule has 0 aliphatic carbocycles. The largest absolute Gasteiger partial charge is 0.371 e. The molecule has 1 aromatic carbocycles. The van der Waals surface area contributed by atoms with Crippen LogP contribution in [0.5, 0.6) is 0 Å². The molecule has 5 nitrogen and oxygen atoms in total. The van der Waals surface area contributed by atoms with E-state index in [0.29, 0.717) is 12.2 Å². The van der Waals surface area contributed by atoms with E-state index in [2.05, 4.69) is 15.3 Å². The van der Waals surface area contributed by atoms with Crippen LogP contribution in [0.4, 0.5) is 0 Å². The summed E-state index contributed by atoms with van der Waals surface area (Å²) in [6.45, 7) is 1.20. The molecule has 0 radical (unpaired) electrons. The molecule has 23 heavy (non-hydrogen) atoms. The highest BCUT2D eigenvalue weighted by molar-refractivity contribution is 7.18. The maximum atomic E-state index is 12.2. The number of para-hydroxylation sites is 1.